The highest BCUT2D eigenvalue weighted by Gasteiger charge is 2.36. The Balaban J connectivity index is 1.21. The van der Waals surface area contributed by atoms with Gasteiger partial charge in [-0.3, -0.25) is 9.59 Å². The lowest BCUT2D eigenvalue weighted by Crippen LogP contribution is -2.43. The Bertz CT molecular complexity index is 1050. The predicted molar refractivity (Wildman–Crippen MR) is 116 cm³/mol. The van der Waals surface area contributed by atoms with Crippen LogP contribution in [0.25, 0.3) is 0 Å². The number of carbonyl (C=O) groups excluding carboxylic acids is 3. The van der Waals surface area contributed by atoms with E-state index in [9.17, 15) is 14.4 Å². The molecule has 7 nitrogen and oxygen atoms in total. The van der Waals surface area contributed by atoms with Gasteiger partial charge in [0.15, 0.2) is 6.61 Å². The normalized spacial score (nSPS) is 21.4. The van der Waals surface area contributed by atoms with Crippen molar-refractivity contribution in [2.75, 3.05) is 23.4 Å². The molecule has 0 saturated carbocycles. The molecular weight excluding hydrogens is 394 g/mol. The lowest BCUT2D eigenvalue weighted by atomic mass is 9.88. The van der Waals surface area contributed by atoms with Crippen molar-refractivity contribution in [3.63, 3.8) is 0 Å². The Labute approximate surface area is 180 Å². The molecular formula is C24H25N3O4. The van der Waals surface area contributed by atoms with Gasteiger partial charge in [0.2, 0.25) is 5.91 Å². The third-order valence-electron chi connectivity index (χ3n) is 6.39. The van der Waals surface area contributed by atoms with Gasteiger partial charge >= 0.3 is 5.97 Å². The molecule has 2 amide bonds. The molecule has 2 aromatic carbocycles. The Morgan fingerprint density at radius 2 is 2.00 bits per heavy atom. The van der Waals surface area contributed by atoms with Gasteiger partial charge in [-0.25, -0.2) is 4.79 Å². The first-order valence-electron chi connectivity index (χ1n) is 10.9. The van der Waals surface area contributed by atoms with Gasteiger partial charge < -0.3 is 20.3 Å². The van der Waals surface area contributed by atoms with Crippen LogP contribution in [0.5, 0.6) is 0 Å². The van der Waals surface area contributed by atoms with E-state index in [2.05, 4.69) is 21.6 Å². The summed E-state index contributed by atoms with van der Waals surface area (Å²) >= 11 is 0. The number of carbonyl (C=O) groups is 3. The maximum absolute atomic E-state index is 12.5. The van der Waals surface area contributed by atoms with Crippen LogP contribution in [-0.2, 0) is 20.7 Å². The van der Waals surface area contributed by atoms with E-state index in [-0.39, 0.29) is 30.5 Å². The minimum atomic E-state index is -0.584. The fourth-order valence-corrected chi connectivity index (χ4v) is 4.91. The molecule has 1 fully saturated rings. The molecule has 2 aliphatic heterocycles. The van der Waals surface area contributed by atoms with Crippen LogP contribution in [0, 0.1) is 0 Å². The van der Waals surface area contributed by atoms with Gasteiger partial charge in [0.05, 0.1) is 23.0 Å². The lowest BCUT2D eigenvalue weighted by molar-refractivity contribution is -0.125. The summed E-state index contributed by atoms with van der Waals surface area (Å²) in [4.78, 5) is 39.3. The van der Waals surface area contributed by atoms with Crippen molar-refractivity contribution in [2.24, 2.45) is 0 Å². The van der Waals surface area contributed by atoms with Crippen LogP contribution in [0.1, 0.15) is 53.2 Å². The van der Waals surface area contributed by atoms with Crippen molar-refractivity contribution in [2.45, 2.75) is 44.2 Å². The minimum absolute atomic E-state index is 0.0392. The zero-order valence-electron chi connectivity index (χ0n) is 17.2. The number of aryl methyl sites for hydroxylation is 1. The number of fused-ring (bicyclic) bond motifs is 4. The van der Waals surface area contributed by atoms with Gasteiger partial charge in [0, 0.05) is 6.54 Å². The van der Waals surface area contributed by atoms with Gasteiger partial charge in [-0.15, -0.1) is 0 Å². The van der Waals surface area contributed by atoms with Crippen molar-refractivity contribution in [3.8, 4) is 0 Å². The predicted octanol–water partition coefficient (Wildman–Crippen LogP) is 2.96. The molecule has 0 bridgehead atoms. The second-order valence-electron chi connectivity index (χ2n) is 8.36. The quantitative estimate of drug-likeness (QED) is 0.744. The molecule has 2 heterocycles. The van der Waals surface area contributed by atoms with E-state index in [1.807, 2.05) is 24.3 Å². The number of nitrogens with zero attached hydrogens (tertiary/aromatic N) is 1. The smallest absolute Gasteiger partial charge is 0.338 e. The maximum atomic E-state index is 12.5. The van der Waals surface area contributed by atoms with Crippen LogP contribution in [0.2, 0.25) is 0 Å². The maximum Gasteiger partial charge on any atom is 0.338 e. The van der Waals surface area contributed by atoms with Crippen LogP contribution in [0.3, 0.4) is 0 Å². The Morgan fingerprint density at radius 1 is 1.13 bits per heavy atom. The number of esters is 1. The average Bonchev–Trinajstić information content (AvgIpc) is 3.28. The fourth-order valence-electron chi connectivity index (χ4n) is 4.91. The molecule has 5 rings (SSSR count). The second-order valence-corrected chi connectivity index (χ2v) is 8.36. The Morgan fingerprint density at radius 3 is 2.90 bits per heavy atom. The van der Waals surface area contributed by atoms with E-state index in [1.165, 1.54) is 5.56 Å². The number of anilines is 2. The minimum Gasteiger partial charge on any atom is -0.452 e. The van der Waals surface area contributed by atoms with Crippen molar-refractivity contribution >= 4 is 29.2 Å². The van der Waals surface area contributed by atoms with Gasteiger partial charge in [-0.05, 0) is 61.4 Å². The van der Waals surface area contributed by atoms with E-state index >= 15 is 0 Å². The summed E-state index contributed by atoms with van der Waals surface area (Å²) in [6.45, 7) is 0.495. The van der Waals surface area contributed by atoms with Crippen molar-refractivity contribution in [3.05, 3.63) is 59.2 Å². The summed E-state index contributed by atoms with van der Waals surface area (Å²) in [5.41, 5.74) is 4.24. The molecule has 0 unspecified atom stereocenters. The number of nitrogens with one attached hydrogen (secondary N) is 2. The van der Waals surface area contributed by atoms with Crippen molar-refractivity contribution in [1.29, 1.82) is 0 Å². The third-order valence-corrected chi connectivity index (χ3v) is 6.39. The van der Waals surface area contributed by atoms with E-state index < -0.39 is 5.97 Å². The van der Waals surface area contributed by atoms with Crippen LogP contribution in [0.4, 0.5) is 11.4 Å². The van der Waals surface area contributed by atoms with E-state index in [1.54, 1.807) is 12.1 Å². The topological polar surface area (TPSA) is 87.7 Å². The van der Waals surface area contributed by atoms with E-state index in [0.717, 1.165) is 49.9 Å². The molecule has 2 atom stereocenters. The summed E-state index contributed by atoms with van der Waals surface area (Å²) in [5, 5.41) is 5.87. The zero-order chi connectivity index (χ0) is 21.4. The number of ether oxygens (including phenoxy) is 1. The highest BCUT2D eigenvalue weighted by Crippen LogP contribution is 2.37. The van der Waals surface area contributed by atoms with Crippen LogP contribution >= 0.6 is 0 Å². The summed E-state index contributed by atoms with van der Waals surface area (Å²) < 4.78 is 5.25. The first kappa shape index (κ1) is 19.6. The van der Waals surface area contributed by atoms with E-state index in [4.69, 9.17) is 4.74 Å². The van der Waals surface area contributed by atoms with Gasteiger partial charge in [0.1, 0.15) is 6.04 Å². The van der Waals surface area contributed by atoms with Gasteiger partial charge in [-0.2, -0.15) is 0 Å². The molecule has 2 aromatic rings. The largest absolute Gasteiger partial charge is 0.452 e. The summed E-state index contributed by atoms with van der Waals surface area (Å²) in [6, 6.07) is 13.1. The fraction of sp³-hybridized carbons (Fsp3) is 0.375. The number of hydrogen-bond acceptors (Lipinski definition) is 5. The summed E-state index contributed by atoms with van der Waals surface area (Å²) in [6.07, 6.45) is 4.72. The van der Waals surface area contributed by atoms with Crippen LogP contribution in [0.15, 0.2) is 42.5 Å². The number of hydrogen-bond donors (Lipinski definition) is 2. The van der Waals surface area contributed by atoms with Crippen molar-refractivity contribution < 1.29 is 19.1 Å². The molecule has 7 heteroatoms. The van der Waals surface area contributed by atoms with Crippen LogP contribution < -0.4 is 15.5 Å². The standard InChI is InChI=1S/C24H25N3O4/c28-22(25-18-8-3-6-15-5-1-2-7-17(15)18)14-31-24(30)16-10-11-20-19(13-16)26-23(29)21-9-4-12-27(20)21/h1-2,5,7,10-11,13,18,21H,3-4,6,8-9,12,14H2,(H,25,28)(H,26,29)/t18-,21+/m1/s1. The highest BCUT2D eigenvalue weighted by atomic mass is 16.5. The van der Waals surface area contributed by atoms with Crippen LogP contribution in [-0.4, -0.2) is 37.0 Å². The Hall–Kier alpha value is -3.35. The summed E-state index contributed by atoms with van der Waals surface area (Å²) in [7, 11) is 0. The first-order chi connectivity index (χ1) is 15.1. The monoisotopic (exact) mass is 419 g/mol. The van der Waals surface area contributed by atoms with Crippen molar-refractivity contribution in [1.82, 2.24) is 5.32 Å². The summed E-state index contributed by atoms with van der Waals surface area (Å²) in [5.74, 6) is -0.941. The number of rotatable bonds is 4. The molecule has 0 aromatic heterocycles. The molecule has 1 aliphatic carbocycles. The molecule has 3 aliphatic rings. The molecule has 160 valence electrons. The molecule has 2 N–H and O–H groups in total. The SMILES string of the molecule is O=C(COC(=O)c1ccc2c(c1)NC(=O)[C@@H]1CCCN21)N[C@@H]1CCCc2ccccc21. The third kappa shape index (κ3) is 3.76. The zero-order valence-corrected chi connectivity index (χ0v) is 17.2. The molecule has 0 radical (unpaired) electrons. The lowest BCUT2D eigenvalue weighted by Gasteiger charge is -2.33. The Kier molecular flexibility index (Phi) is 5.10. The van der Waals surface area contributed by atoms with E-state index in [0.29, 0.717) is 11.3 Å². The molecule has 0 spiro atoms. The number of amides is 2. The van der Waals surface area contributed by atoms with Gasteiger partial charge in [0.25, 0.3) is 5.91 Å². The first-order valence-corrected chi connectivity index (χ1v) is 10.9. The second kappa shape index (κ2) is 8.06. The van der Waals surface area contributed by atoms with Gasteiger partial charge in [-0.1, -0.05) is 24.3 Å². The highest BCUT2D eigenvalue weighted by molar-refractivity contribution is 6.05. The molecule has 31 heavy (non-hydrogen) atoms. The average molecular weight is 419 g/mol. The molecule has 1 saturated heterocycles. The number of benzene rings is 2.